The van der Waals surface area contributed by atoms with Crippen molar-refractivity contribution in [1.29, 1.82) is 0 Å². The van der Waals surface area contributed by atoms with Crippen LogP contribution in [0.5, 0.6) is 5.75 Å². The first kappa shape index (κ1) is 32.0. The summed E-state index contributed by atoms with van der Waals surface area (Å²) in [7, 11) is 6.75. The predicted octanol–water partition coefficient (Wildman–Crippen LogP) is 1.58. The number of nitrogens with zero attached hydrogens (tertiary/aromatic N) is 3. The van der Waals surface area contributed by atoms with E-state index in [9.17, 15) is 39.6 Å². The van der Waals surface area contributed by atoms with Gasteiger partial charge in [0.2, 0.25) is 11.7 Å². The molecule has 0 radical (unpaired) electrons. The van der Waals surface area contributed by atoms with Gasteiger partial charge in [0.1, 0.15) is 22.8 Å². The second kappa shape index (κ2) is 10.7. The third-order valence-corrected chi connectivity index (χ3v) is 8.73. The van der Waals surface area contributed by atoms with Crippen LogP contribution in [0.25, 0.3) is 0 Å². The van der Waals surface area contributed by atoms with Gasteiger partial charge in [-0.3, -0.25) is 24.1 Å². The summed E-state index contributed by atoms with van der Waals surface area (Å²) >= 11 is 0. The van der Waals surface area contributed by atoms with Gasteiger partial charge in [0.15, 0.2) is 11.4 Å². The number of aliphatic hydroxyl groups is 3. The molecular formula is C31H42N4O8. The largest absolute Gasteiger partial charge is 0.510 e. The fraction of sp³-hybridized carbons (Fsp3) is 0.548. The summed E-state index contributed by atoms with van der Waals surface area (Å²) in [4.78, 5) is 57.3. The molecule has 3 aliphatic carbocycles. The van der Waals surface area contributed by atoms with Crippen molar-refractivity contribution in [3.05, 3.63) is 45.4 Å². The topological polar surface area (TPSA) is 185 Å². The van der Waals surface area contributed by atoms with Gasteiger partial charge in [-0.05, 0) is 49.9 Å². The van der Waals surface area contributed by atoms with Crippen LogP contribution >= 0.6 is 0 Å². The number of fused-ring (bicyclic) bond motifs is 3. The number of primary amides is 1. The van der Waals surface area contributed by atoms with Crippen LogP contribution in [0.3, 0.4) is 0 Å². The van der Waals surface area contributed by atoms with Crippen LogP contribution in [0.4, 0.5) is 5.69 Å². The van der Waals surface area contributed by atoms with Crippen LogP contribution < -0.4 is 10.6 Å². The number of allylic oxidation sites excluding steroid dienone is 1. The zero-order valence-electron chi connectivity index (χ0n) is 26.0. The van der Waals surface area contributed by atoms with Gasteiger partial charge in [0.05, 0.1) is 11.6 Å². The van der Waals surface area contributed by atoms with Crippen LogP contribution in [0, 0.1) is 17.3 Å². The second-order valence-electron chi connectivity index (χ2n) is 13.6. The van der Waals surface area contributed by atoms with Gasteiger partial charge in [-0.25, -0.2) is 0 Å². The molecule has 0 aromatic heterocycles. The second-order valence-corrected chi connectivity index (χ2v) is 13.6. The number of nitrogens with two attached hydrogens (primary N) is 1. The molecule has 0 heterocycles. The Morgan fingerprint density at radius 1 is 1.09 bits per heavy atom. The van der Waals surface area contributed by atoms with E-state index in [1.807, 2.05) is 20.8 Å². The molecule has 0 bridgehead atoms. The smallest absolute Gasteiger partial charge is 0.255 e. The Morgan fingerprint density at radius 3 is 2.19 bits per heavy atom. The highest BCUT2D eigenvalue weighted by molar-refractivity contribution is 6.25. The van der Waals surface area contributed by atoms with Crippen molar-refractivity contribution < 1.29 is 39.6 Å². The van der Waals surface area contributed by atoms with Crippen molar-refractivity contribution >= 4 is 29.1 Å². The number of anilines is 1. The standard InChI is InChI=1S/C31H42N4O8/c1-14(36)35(13-30(2,3)4)12-16-11-19(33(5)6)17-9-15-10-18-23(34(7)8)26(39)22(29(32)42)28(41)31(18,43)27(40)20(15)25(38)21(17)24(16)37/h11,15,18,23,37,39-40,43H,9-10,12-13H2,1-8H3,(H2,32,42)/t15-,18-,23?,31-/m0/s1. The van der Waals surface area contributed by atoms with Gasteiger partial charge in [-0.2, -0.15) is 0 Å². The highest BCUT2D eigenvalue weighted by Crippen LogP contribution is 2.53. The van der Waals surface area contributed by atoms with Crippen molar-refractivity contribution in [3.63, 3.8) is 0 Å². The average molecular weight is 599 g/mol. The Kier molecular flexibility index (Phi) is 7.95. The molecule has 12 heteroatoms. The maximum Gasteiger partial charge on any atom is 0.255 e. The highest BCUT2D eigenvalue weighted by Gasteiger charge is 2.63. The molecule has 1 aromatic rings. The Hall–Kier alpha value is -3.90. The molecule has 2 amide bonds. The Balaban J connectivity index is 1.93. The molecule has 0 saturated carbocycles. The van der Waals surface area contributed by atoms with Crippen molar-refractivity contribution in [3.8, 4) is 5.75 Å². The van der Waals surface area contributed by atoms with E-state index < -0.39 is 58.0 Å². The number of ketones is 2. The van der Waals surface area contributed by atoms with Crippen LogP contribution in [-0.2, 0) is 27.3 Å². The summed E-state index contributed by atoms with van der Waals surface area (Å²) in [6, 6.07) is 0.684. The molecule has 6 N–H and O–H groups in total. The maximum atomic E-state index is 14.2. The van der Waals surface area contributed by atoms with E-state index in [4.69, 9.17) is 5.73 Å². The SMILES string of the molecule is CC(=O)N(Cc1cc(N(C)C)c2c(c1O)C(=O)C1=C(O)[C@]3(O)C(=O)C(C(N)=O)=C(O)C(N(C)C)[C@@H]3C[C@@H]1C2)CC(C)(C)C. The monoisotopic (exact) mass is 598 g/mol. The zero-order valence-corrected chi connectivity index (χ0v) is 26.0. The van der Waals surface area contributed by atoms with E-state index in [2.05, 4.69) is 0 Å². The first-order chi connectivity index (χ1) is 19.7. The molecule has 0 spiro atoms. The van der Waals surface area contributed by atoms with Crippen LogP contribution in [0.2, 0.25) is 0 Å². The van der Waals surface area contributed by atoms with E-state index in [0.29, 0.717) is 23.4 Å². The molecule has 4 rings (SSSR count). The summed E-state index contributed by atoms with van der Waals surface area (Å²) in [5.74, 6) is -7.19. The normalized spacial score (nSPS) is 25.4. The third-order valence-electron chi connectivity index (χ3n) is 8.73. The fourth-order valence-electron chi connectivity index (χ4n) is 6.93. The Bertz CT molecular complexity index is 1490. The quantitative estimate of drug-likeness (QED) is 0.301. The lowest BCUT2D eigenvalue weighted by atomic mass is 9.58. The predicted molar refractivity (Wildman–Crippen MR) is 159 cm³/mol. The number of likely N-dealkylation sites (N-methyl/N-ethyl adjacent to an activating group) is 1. The van der Waals surface area contributed by atoms with Gasteiger partial charge < -0.3 is 36.0 Å². The minimum atomic E-state index is -2.71. The number of Topliss-reactive ketones (excluding diaryl/α,β-unsaturated/α-hetero) is 2. The van der Waals surface area contributed by atoms with Crippen molar-refractivity contribution in [2.75, 3.05) is 39.6 Å². The number of carbonyl (C=O) groups excluding carboxylic acids is 4. The lowest BCUT2D eigenvalue weighted by molar-refractivity contribution is -0.148. The number of benzene rings is 1. The minimum absolute atomic E-state index is 0.00480. The van der Waals surface area contributed by atoms with Crippen LogP contribution in [-0.4, -0.2) is 100.0 Å². The summed E-state index contributed by atoms with van der Waals surface area (Å²) in [5.41, 5.74) is 2.78. The summed E-state index contributed by atoms with van der Waals surface area (Å²) in [6.07, 6.45) is 0.180. The summed E-state index contributed by atoms with van der Waals surface area (Å²) in [6.45, 7) is 7.78. The first-order valence-electron chi connectivity index (χ1n) is 14.2. The molecule has 0 aliphatic heterocycles. The number of amides is 2. The molecule has 4 atom stereocenters. The molecule has 1 aromatic carbocycles. The first-order valence-corrected chi connectivity index (χ1v) is 14.2. The lowest BCUT2D eigenvalue weighted by Gasteiger charge is -2.50. The molecular weight excluding hydrogens is 556 g/mol. The van der Waals surface area contributed by atoms with E-state index in [-0.39, 0.29) is 47.6 Å². The van der Waals surface area contributed by atoms with Gasteiger partial charge in [-0.15, -0.1) is 0 Å². The number of hydrogen-bond acceptors (Lipinski definition) is 10. The van der Waals surface area contributed by atoms with Crippen molar-refractivity contribution in [1.82, 2.24) is 9.80 Å². The third kappa shape index (κ3) is 5.06. The van der Waals surface area contributed by atoms with E-state index in [1.165, 1.54) is 11.8 Å². The molecule has 43 heavy (non-hydrogen) atoms. The van der Waals surface area contributed by atoms with Gasteiger partial charge >= 0.3 is 0 Å². The Labute approximate surface area is 251 Å². The number of hydrogen-bond donors (Lipinski definition) is 5. The van der Waals surface area contributed by atoms with Gasteiger partial charge in [0, 0.05) is 56.9 Å². The van der Waals surface area contributed by atoms with E-state index in [0.717, 1.165) is 0 Å². The van der Waals surface area contributed by atoms with Crippen LogP contribution in [0.15, 0.2) is 28.7 Å². The van der Waals surface area contributed by atoms with E-state index in [1.54, 1.807) is 44.1 Å². The summed E-state index contributed by atoms with van der Waals surface area (Å²) in [5, 5.41) is 45.8. The molecule has 0 fully saturated rings. The van der Waals surface area contributed by atoms with E-state index >= 15 is 0 Å². The number of phenols is 1. The number of rotatable bonds is 6. The lowest BCUT2D eigenvalue weighted by Crippen LogP contribution is -2.63. The summed E-state index contributed by atoms with van der Waals surface area (Å²) < 4.78 is 0. The maximum absolute atomic E-state index is 14.2. The number of phenolic OH excluding ortho intramolecular Hbond substituents is 1. The van der Waals surface area contributed by atoms with Crippen molar-refractivity contribution in [2.24, 2.45) is 23.0 Å². The van der Waals surface area contributed by atoms with Crippen LogP contribution in [0.1, 0.15) is 55.6 Å². The molecule has 234 valence electrons. The minimum Gasteiger partial charge on any atom is -0.510 e. The molecule has 1 unspecified atom stereocenters. The Morgan fingerprint density at radius 2 is 1.70 bits per heavy atom. The molecule has 12 nitrogen and oxygen atoms in total. The molecule has 0 saturated heterocycles. The fourth-order valence-corrected chi connectivity index (χ4v) is 6.93. The highest BCUT2D eigenvalue weighted by atomic mass is 16.3. The molecule has 3 aliphatic rings. The zero-order chi connectivity index (χ0) is 32.5. The van der Waals surface area contributed by atoms with Gasteiger partial charge in [-0.1, -0.05) is 20.8 Å². The average Bonchev–Trinajstić information content (AvgIpc) is 2.85. The number of aromatic hydroxyl groups is 1. The number of aliphatic hydroxyl groups excluding tert-OH is 2. The van der Waals surface area contributed by atoms with Crippen molar-refractivity contribution in [2.45, 2.75) is 58.7 Å². The van der Waals surface area contributed by atoms with Gasteiger partial charge in [0.25, 0.3) is 5.91 Å². The number of carbonyl (C=O) groups is 4.